The van der Waals surface area contributed by atoms with E-state index in [4.69, 9.17) is 4.74 Å². The van der Waals surface area contributed by atoms with Crippen LogP contribution in [0.1, 0.15) is 37.3 Å². The molecule has 0 aliphatic heterocycles. The van der Waals surface area contributed by atoms with Crippen LogP contribution in [0.15, 0.2) is 18.2 Å². The summed E-state index contributed by atoms with van der Waals surface area (Å²) in [6.45, 7) is 4.78. The summed E-state index contributed by atoms with van der Waals surface area (Å²) in [5.41, 5.74) is 2.23. The summed E-state index contributed by atoms with van der Waals surface area (Å²) < 4.78 is 5.36. The molecule has 0 unspecified atom stereocenters. The highest BCUT2D eigenvalue weighted by Crippen LogP contribution is 2.24. The molecule has 4 heteroatoms. The highest BCUT2D eigenvalue weighted by atomic mass is 32.1. The molecule has 1 rings (SSSR count). The number of hydrogen-bond donors (Lipinski definition) is 2. The van der Waals surface area contributed by atoms with Gasteiger partial charge in [0.2, 0.25) is 5.91 Å². The third-order valence-electron chi connectivity index (χ3n) is 2.79. The SMILES string of the molecule is COc1cc(C(C)C)ccc1CNC(=O)CCS. The van der Waals surface area contributed by atoms with Crippen molar-refractivity contribution in [2.24, 2.45) is 0 Å². The topological polar surface area (TPSA) is 38.3 Å². The minimum atomic E-state index is 0.0139. The minimum absolute atomic E-state index is 0.0139. The van der Waals surface area contributed by atoms with Gasteiger partial charge in [-0.2, -0.15) is 12.6 Å². The van der Waals surface area contributed by atoms with Crippen molar-refractivity contribution in [2.75, 3.05) is 12.9 Å². The molecule has 1 N–H and O–H groups in total. The Hall–Kier alpha value is -1.16. The van der Waals surface area contributed by atoms with E-state index in [0.29, 0.717) is 24.6 Å². The third-order valence-corrected chi connectivity index (χ3v) is 3.02. The smallest absolute Gasteiger partial charge is 0.221 e. The zero-order valence-electron chi connectivity index (χ0n) is 11.2. The normalized spacial score (nSPS) is 10.5. The van der Waals surface area contributed by atoms with E-state index >= 15 is 0 Å². The molecule has 0 aromatic heterocycles. The molecule has 0 aliphatic rings. The van der Waals surface area contributed by atoms with Crippen molar-refractivity contribution >= 4 is 18.5 Å². The number of nitrogens with one attached hydrogen (secondary N) is 1. The Morgan fingerprint density at radius 3 is 2.72 bits per heavy atom. The van der Waals surface area contributed by atoms with Gasteiger partial charge in [0.1, 0.15) is 5.75 Å². The van der Waals surface area contributed by atoms with Crippen LogP contribution < -0.4 is 10.1 Å². The maximum atomic E-state index is 11.4. The fourth-order valence-electron chi connectivity index (χ4n) is 1.65. The second kappa shape index (κ2) is 7.31. The van der Waals surface area contributed by atoms with Gasteiger partial charge in [0.05, 0.1) is 7.11 Å². The molecule has 1 aromatic rings. The van der Waals surface area contributed by atoms with E-state index in [-0.39, 0.29) is 5.91 Å². The average Bonchev–Trinajstić information content (AvgIpc) is 2.36. The van der Waals surface area contributed by atoms with Gasteiger partial charge in [0.25, 0.3) is 0 Å². The molecule has 100 valence electrons. The summed E-state index contributed by atoms with van der Waals surface area (Å²) in [5.74, 6) is 1.87. The van der Waals surface area contributed by atoms with Crippen LogP contribution in [0.4, 0.5) is 0 Å². The van der Waals surface area contributed by atoms with Crippen LogP contribution in [0.2, 0.25) is 0 Å². The van der Waals surface area contributed by atoms with E-state index in [9.17, 15) is 4.79 Å². The van der Waals surface area contributed by atoms with E-state index in [0.717, 1.165) is 11.3 Å². The first kappa shape index (κ1) is 14.9. The van der Waals surface area contributed by atoms with Crippen molar-refractivity contribution in [1.29, 1.82) is 0 Å². The predicted octanol–water partition coefficient (Wildman–Crippen LogP) is 2.75. The molecule has 0 bridgehead atoms. The first-order chi connectivity index (χ1) is 8.58. The van der Waals surface area contributed by atoms with Crippen molar-refractivity contribution < 1.29 is 9.53 Å². The van der Waals surface area contributed by atoms with Crippen LogP contribution in [0, 0.1) is 0 Å². The lowest BCUT2D eigenvalue weighted by Crippen LogP contribution is -2.23. The molecule has 3 nitrogen and oxygen atoms in total. The van der Waals surface area contributed by atoms with Gasteiger partial charge in [-0.25, -0.2) is 0 Å². The lowest BCUT2D eigenvalue weighted by Gasteiger charge is -2.13. The Bertz CT molecular complexity index is 405. The molecule has 0 fully saturated rings. The van der Waals surface area contributed by atoms with E-state index in [1.54, 1.807) is 7.11 Å². The van der Waals surface area contributed by atoms with Gasteiger partial charge in [-0.1, -0.05) is 26.0 Å². The maximum absolute atomic E-state index is 11.4. The van der Waals surface area contributed by atoms with E-state index in [1.807, 2.05) is 12.1 Å². The zero-order valence-corrected chi connectivity index (χ0v) is 12.1. The van der Waals surface area contributed by atoms with E-state index in [2.05, 4.69) is 37.9 Å². The monoisotopic (exact) mass is 267 g/mol. The molecule has 1 amide bonds. The summed E-state index contributed by atoms with van der Waals surface area (Å²) in [7, 11) is 1.65. The molecule has 0 spiro atoms. The average molecular weight is 267 g/mol. The number of carbonyl (C=O) groups is 1. The lowest BCUT2D eigenvalue weighted by atomic mass is 10.0. The lowest BCUT2D eigenvalue weighted by molar-refractivity contribution is -0.120. The molecule has 18 heavy (non-hydrogen) atoms. The van der Waals surface area contributed by atoms with Gasteiger partial charge in [0.15, 0.2) is 0 Å². The molecule has 0 heterocycles. The highest BCUT2D eigenvalue weighted by molar-refractivity contribution is 7.80. The number of ether oxygens (including phenoxy) is 1. The van der Waals surface area contributed by atoms with Crippen LogP contribution in [0.3, 0.4) is 0 Å². The quantitative estimate of drug-likeness (QED) is 0.778. The molecular weight excluding hydrogens is 246 g/mol. The zero-order chi connectivity index (χ0) is 13.5. The van der Waals surface area contributed by atoms with Crippen molar-refractivity contribution in [3.8, 4) is 5.75 Å². The number of carbonyl (C=O) groups excluding carboxylic acids is 1. The molecule has 1 aromatic carbocycles. The first-order valence-electron chi connectivity index (χ1n) is 6.12. The number of methoxy groups -OCH3 is 1. The minimum Gasteiger partial charge on any atom is -0.496 e. The largest absolute Gasteiger partial charge is 0.496 e. The van der Waals surface area contributed by atoms with Crippen LogP contribution >= 0.6 is 12.6 Å². The second-order valence-corrected chi connectivity index (χ2v) is 4.92. The van der Waals surface area contributed by atoms with Crippen LogP contribution in [0.25, 0.3) is 0 Å². The second-order valence-electron chi connectivity index (χ2n) is 4.48. The fraction of sp³-hybridized carbons (Fsp3) is 0.500. The van der Waals surface area contributed by atoms with Crippen molar-refractivity contribution in [3.05, 3.63) is 29.3 Å². The Labute approximate surface area is 114 Å². The third kappa shape index (κ3) is 4.26. The van der Waals surface area contributed by atoms with Crippen LogP contribution in [0.5, 0.6) is 5.75 Å². The summed E-state index contributed by atoms with van der Waals surface area (Å²) in [6.07, 6.45) is 0.440. The van der Waals surface area contributed by atoms with Crippen molar-refractivity contribution in [1.82, 2.24) is 5.32 Å². The summed E-state index contributed by atoms with van der Waals surface area (Å²) in [4.78, 5) is 11.4. The Balaban J connectivity index is 2.73. The van der Waals surface area contributed by atoms with Crippen molar-refractivity contribution in [2.45, 2.75) is 32.7 Å². The van der Waals surface area contributed by atoms with Gasteiger partial charge in [0, 0.05) is 18.5 Å². The van der Waals surface area contributed by atoms with Gasteiger partial charge in [-0.05, 0) is 23.3 Å². The molecule has 0 radical (unpaired) electrons. The standard InChI is InChI=1S/C14H21NO2S/c1-10(2)11-4-5-12(13(8-11)17-3)9-15-14(16)6-7-18/h4-5,8,10,18H,6-7,9H2,1-3H3,(H,15,16). The van der Waals surface area contributed by atoms with Gasteiger partial charge >= 0.3 is 0 Å². The van der Waals surface area contributed by atoms with Crippen LogP contribution in [-0.4, -0.2) is 18.8 Å². The number of thiol groups is 1. The number of rotatable bonds is 6. The molecule has 0 aliphatic carbocycles. The van der Waals surface area contributed by atoms with E-state index in [1.165, 1.54) is 5.56 Å². The summed E-state index contributed by atoms with van der Waals surface area (Å²) >= 11 is 4.03. The summed E-state index contributed by atoms with van der Waals surface area (Å²) in [5, 5.41) is 2.86. The number of hydrogen-bond acceptors (Lipinski definition) is 3. The van der Waals surface area contributed by atoms with Gasteiger partial charge < -0.3 is 10.1 Å². The molecule has 0 atom stereocenters. The fourth-order valence-corrected chi connectivity index (χ4v) is 1.85. The molecular formula is C14H21NO2S. The Kier molecular flexibility index (Phi) is 6.05. The Morgan fingerprint density at radius 1 is 1.44 bits per heavy atom. The highest BCUT2D eigenvalue weighted by Gasteiger charge is 2.08. The predicted molar refractivity (Wildman–Crippen MR) is 77.4 cm³/mol. The van der Waals surface area contributed by atoms with E-state index < -0.39 is 0 Å². The van der Waals surface area contributed by atoms with Crippen molar-refractivity contribution in [3.63, 3.8) is 0 Å². The molecule has 0 saturated carbocycles. The summed E-state index contributed by atoms with van der Waals surface area (Å²) in [6, 6.07) is 6.12. The maximum Gasteiger partial charge on any atom is 0.221 e. The van der Waals surface area contributed by atoms with Crippen LogP contribution in [-0.2, 0) is 11.3 Å². The first-order valence-corrected chi connectivity index (χ1v) is 6.76. The molecule has 0 saturated heterocycles. The Morgan fingerprint density at radius 2 is 2.17 bits per heavy atom. The van der Waals surface area contributed by atoms with Gasteiger partial charge in [-0.15, -0.1) is 0 Å². The van der Waals surface area contributed by atoms with Gasteiger partial charge in [-0.3, -0.25) is 4.79 Å². The number of benzene rings is 1. The number of amides is 1.